The molecule has 0 spiro atoms. The van der Waals surface area contributed by atoms with Gasteiger partial charge in [0, 0.05) is 19.6 Å². The largest absolute Gasteiger partial charge is 0.401 e. The van der Waals surface area contributed by atoms with E-state index in [4.69, 9.17) is 30.3 Å². The zero-order valence-electron chi connectivity index (χ0n) is 27.5. The summed E-state index contributed by atoms with van der Waals surface area (Å²) in [7, 11) is -2.93. The number of nitrogens with zero attached hydrogens (tertiary/aromatic N) is 3. The number of hydrogen-bond acceptors (Lipinski definition) is 7. The van der Waals surface area contributed by atoms with Crippen LogP contribution < -0.4 is 20.6 Å². The number of benzene rings is 3. The lowest BCUT2D eigenvalue weighted by Crippen LogP contribution is -2.66. The van der Waals surface area contributed by atoms with Gasteiger partial charge in [-0.05, 0) is 34.8 Å². The summed E-state index contributed by atoms with van der Waals surface area (Å²) in [5.74, 6) is -0.392. The zero-order chi connectivity index (χ0) is 33.2. The van der Waals surface area contributed by atoms with Crippen LogP contribution in [0.25, 0.3) is 11.1 Å². The lowest BCUT2D eigenvalue weighted by atomic mass is 10.1. The maximum absolute atomic E-state index is 13.4. The third-order valence-electron chi connectivity index (χ3n) is 8.68. The summed E-state index contributed by atoms with van der Waals surface area (Å²) in [5.41, 5.74) is 2.97. The van der Waals surface area contributed by atoms with Crippen LogP contribution in [0.5, 0.6) is 0 Å². The number of morpholine rings is 1. The quantitative estimate of drug-likeness (QED) is 0.180. The van der Waals surface area contributed by atoms with Gasteiger partial charge in [-0.2, -0.15) is 0 Å². The number of hydrogen-bond donors (Lipinski definition) is 1. The van der Waals surface area contributed by atoms with E-state index in [1.54, 1.807) is 0 Å². The van der Waals surface area contributed by atoms with Crippen molar-refractivity contribution in [2.75, 3.05) is 18.0 Å². The molecule has 6 rings (SSSR count). The normalized spacial score (nSPS) is 17.2. The van der Waals surface area contributed by atoms with Crippen LogP contribution in [0, 0.1) is 0 Å². The number of anilines is 1. The molecule has 0 saturated carbocycles. The SMILES string of the molecule is CC1CN(c2c(CO[Si](c3ccccc3)(c3ccccc3)C(C)(C)C)nc3c(C(=O)NCc4ccccc4)noc3c2Cl)CC(C)O1. The molecule has 0 radical (unpaired) electrons. The van der Waals surface area contributed by atoms with Gasteiger partial charge in [0.1, 0.15) is 10.5 Å². The summed E-state index contributed by atoms with van der Waals surface area (Å²) in [6.07, 6.45) is -0.0463. The summed E-state index contributed by atoms with van der Waals surface area (Å²) in [5, 5.41) is 9.53. The number of rotatable bonds is 9. The highest BCUT2D eigenvalue weighted by Crippen LogP contribution is 2.41. The second kappa shape index (κ2) is 13.6. The minimum Gasteiger partial charge on any atom is -0.401 e. The Kier molecular flexibility index (Phi) is 9.52. The Morgan fingerprint density at radius 3 is 2.04 bits per heavy atom. The molecule has 0 aliphatic carbocycles. The lowest BCUT2D eigenvalue weighted by Gasteiger charge is -2.43. The van der Waals surface area contributed by atoms with Gasteiger partial charge in [0.25, 0.3) is 14.2 Å². The number of nitrogens with one attached hydrogen (secondary N) is 1. The fourth-order valence-electron chi connectivity index (χ4n) is 6.69. The molecule has 3 heterocycles. The van der Waals surface area contributed by atoms with E-state index in [1.807, 2.05) is 56.3 Å². The van der Waals surface area contributed by atoms with E-state index in [2.05, 4.69) is 84.7 Å². The van der Waals surface area contributed by atoms with Crippen LogP contribution in [-0.4, -0.2) is 49.7 Å². The second-order valence-electron chi connectivity index (χ2n) is 13.2. The number of carbonyl (C=O) groups excluding carboxylic acids is 1. The van der Waals surface area contributed by atoms with Crippen molar-refractivity contribution in [3.63, 3.8) is 0 Å². The molecule has 2 aromatic heterocycles. The Bertz CT molecular complexity index is 1780. The molecule has 2 unspecified atom stereocenters. The summed E-state index contributed by atoms with van der Waals surface area (Å²) in [6, 6.07) is 30.7. The van der Waals surface area contributed by atoms with Crippen LogP contribution in [-0.2, 0) is 22.3 Å². The van der Waals surface area contributed by atoms with Crippen molar-refractivity contribution in [3.05, 3.63) is 113 Å². The first-order valence-electron chi connectivity index (χ1n) is 16.0. The third-order valence-corrected chi connectivity index (χ3v) is 14.0. The molecule has 3 aromatic carbocycles. The Labute approximate surface area is 282 Å². The van der Waals surface area contributed by atoms with Gasteiger partial charge in [-0.3, -0.25) is 4.79 Å². The van der Waals surface area contributed by atoms with Crippen molar-refractivity contribution < 1.29 is 18.5 Å². The minimum atomic E-state index is -2.93. The highest BCUT2D eigenvalue weighted by molar-refractivity contribution is 6.99. The average Bonchev–Trinajstić information content (AvgIpc) is 3.49. The van der Waals surface area contributed by atoms with Gasteiger partial charge in [0.05, 0.1) is 30.2 Å². The molecule has 0 bridgehead atoms. The number of ether oxygens (including phenoxy) is 1. The zero-order valence-corrected chi connectivity index (χ0v) is 29.3. The predicted molar refractivity (Wildman–Crippen MR) is 189 cm³/mol. The summed E-state index contributed by atoms with van der Waals surface area (Å²) < 4.78 is 19.1. The van der Waals surface area contributed by atoms with E-state index in [0.717, 1.165) is 15.9 Å². The molecule has 1 saturated heterocycles. The van der Waals surface area contributed by atoms with Crippen LogP contribution >= 0.6 is 11.6 Å². The Balaban J connectivity index is 1.46. The van der Waals surface area contributed by atoms with Crippen LogP contribution in [0.3, 0.4) is 0 Å². The van der Waals surface area contributed by atoms with Crippen molar-refractivity contribution in [1.29, 1.82) is 0 Å². The van der Waals surface area contributed by atoms with E-state index >= 15 is 0 Å². The fraction of sp³-hybridized carbons (Fsp3) is 0.324. The standard InChI is InChI=1S/C37H41ClN4O4Si/c1-25-22-42(23-26(2)45-25)34-30(24-44-47(37(3,4)5,28-17-11-7-12-18-28)29-19-13-8-14-20-29)40-32-33(41-46-35(32)31(34)38)36(43)39-21-27-15-9-6-10-16-27/h6-20,25-26H,21-24H2,1-5H3,(H,39,43). The van der Waals surface area contributed by atoms with Gasteiger partial charge < -0.3 is 23.9 Å². The van der Waals surface area contributed by atoms with Gasteiger partial charge in [0.15, 0.2) is 5.69 Å². The van der Waals surface area contributed by atoms with Crippen molar-refractivity contribution >= 4 is 53.0 Å². The molecule has 1 aliphatic rings. The minimum absolute atomic E-state index is 0.0231. The number of fused-ring (bicyclic) bond motifs is 1. The summed E-state index contributed by atoms with van der Waals surface area (Å²) in [6.45, 7) is 12.5. The Morgan fingerprint density at radius 1 is 0.936 bits per heavy atom. The van der Waals surface area contributed by atoms with Crippen molar-refractivity contribution in [2.24, 2.45) is 0 Å². The maximum Gasteiger partial charge on any atom is 0.276 e. The molecule has 8 nitrogen and oxygen atoms in total. The highest BCUT2D eigenvalue weighted by Gasteiger charge is 2.50. The van der Waals surface area contributed by atoms with Crippen LogP contribution in [0.4, 0.5) is 5.69 Å². The number of pyridine rings is 1. The van der Waals surface area contributed by atoms with Crippen LogP contribution in [0.1, 0.15) is 56.4 Å². The van der Waals surface area contributed by atoms with Gasteiger partial charge in [-0.25, -0.2) is 4.98 Å². The Morgan fingerprint density at radius 2 is 1.49 bits per heavy atom. The highest BCUT2D eigenvalue weighted by atomic mass is 35.5. The third kappa shape index (κ3) is 6.58. The fourth-order valence-corrected chi connectivity index (χ4v) is 11.5. The van der Waals surface area contributed by atoms with E-state index < -0.39 is 14.2 Å². The number of carbonyl (C=O) groups is 1. The van der Waals surface area contributed by atoms with Gasteiger partial charge in [-0.15, -0.1) is 0 Å². The first-order valence-corrected chi connectivity index (χ1v) is 18.3. The molecule has 10 heteroatoms. The van der Waals surface area contributed by atoms with Crippen molar-refractivity contribution in [2.45, 2.75) is 65.0 Å². The molecular formula is C37H41ClN4O4Si. The lowest BCUT2D eigenvalue weighted by molar-refractivity contribution is -0.00532. The number of amides is 1. The van der Waals surface area contributed by atoms with Crippen LogP contribution in [0.2, 0.25) is 10.1 Å². The first-order chi connectivity index (χ1) is 22.6. The second-order valence-corrected chi connectivity index (χ2v) is 17.9. The van der Waals surface area contributed by atoms with Crippen LogP contribution in [0.15, 0.2) is 95.5 Å². The molecule has 1 amide bonds. The van der Waals surface area contributed by atoms with Crippen molar-refractivity contribution in [3.8, 4) is 0 Å². The maximum atomic E-state index is 13.4. The molecule has 1 fully saturated rings. The van der Waals surface area contributed by atoms with E-state index in [9.17, 15) is 4.79 Å². The monoisotopic (exact) mass is 668 g/mol. The van der Waals surface area contributed by atoms with E-state index in [0.29, 0.717) is 41.6 Å². The molecule has 244 valence electrons. The molecule has 1 N–H and O–H groups in total. The molecular weight excluding hydrogens is 628 g/mol. The van der Waals surface area contributed by atoms with E-state index in [-0.39, 0.29) is 35.1 Å². The molecule has 47 heavy (non-hydrogen) atoms. The summed E-state index contributed by atoms with van der Waals surface area (Å²) >= 11 is 7.21. The molecule has 2 atom stereocenters. The van der Waals surface area contributed by atoms with Gasteiger partial charge >= 0.3 is 0 Å². The molecule has 1 aliphatic heterocycles. The number of aromatic nitrogens is 2. The number of halogens is 1. The summed E-state index contributed by atoms with van der Waals surface area (Å²) in [4.78, 5) is 20.7. The van der Waals surface area contributed by atoms with E-state index in [1.165, 1.54) is 0 Å². The predicted octanol–water partition coefficient (Wildman–Crippen LogP) is 6.50. The van der Waals surface area contributed by atoms with Gasteiger partial charge in [0.2, 0.25) is 5.58 Å². The smallest absolute Gasteiger partial charge is 0.276 e. The van der Waals surface area contributed by atoms with Gasteiger partial charge in [-0.1, -0.05) is 129 Å². The average molecular weight is 669 g/mol. The Hall–Kier alpha value is -4.02. The molecule has 5 aromatic rings. The van der Waals surface area contributed by atoms with Crippen molar-refractivity contribution in [1.82, 2.24) is 15.5 Å². The first kappa shape index (κ1) is 32.9. The topological polar surface area (TPSA) is 89.7 Å².